The fraction of sp³-hybridized carbons (Fsp3) is 0.588. The van der Waals surface area contributed by atoms with Gasteiger partial charge in [-0.25, -0.2) is 5.43 Å². The van der Waals surface area contributed by atoms with Crippen molar-refractivity contribution in [2.75, 3.05) is 0 Å². The third-order valence-electron chi connectivity index (χ3n) is 2.68. The second-order valence-corrected chi connectivity index (χ2v) is 7.32. The minimum absolute atomic E-state index is 0.237. The number of rotatable bonds is 5. The first-order valence-electron chi connectivity index (χ1n) is 7.47. The molecule has 0 saturated heterocycles. The van der Waals surface area contributed by atoms with Crippen molar-refractivity contribution in [3.8, 4) is 5.75 Å². The molecule has 0 aliphatic heterocycles. The van der Waals surface area contributed by atoms with E-state index in [0.717, 1.165) is 11.3 Å². The molecule has 1 aromatic rings. The second-order valence-electron chi connectivity index (χ2n) is 7.32. The Bertz CT molecular complexity index is 484. The molecule has 0 spiro atoms. The summed E-state index contributed by atoms with van der Waals surface area (Å²) < 4.78 is 11.1. The van der Waals surface area contributed by atoms with Crippen molar-refractivity contribution in [3.63, 3.8) is 0 Å². The molecule has 0 saturated carbocycles. The van der Waals surface area contributed by atoms with Crippen LogP contribution < -0.4 is 16.0 Å². The third kappa shape index (κ3) is 6.91. The molecule has 22 heavy (non-hydrogen) atoms. The normalized spacial score (nSPS) is 13.6. The van der Waals surface area contributed by atoms with Crippen LogP contribution in [0.3, 0.4) is 0 Å². The Morgan fingerprint density at radius 1 is 1.09 bits per heavy atom. The molecule has 0 amide bonds. The largest absolute Gasteiger partial charge is 0.488 e. The third-order valence-corrected chi connectivity index (χ3v) is 2.68. The molecular weight excluding hydrogens is 280 g/mol. The summed E-state index contributed by atoms with van der Waals surface area (Å²) in [6.45, 7) is 11.5. The maximum atomic E-state index is 12.1. The number of hydrogen-bond donors (Lipinski definition) is 2. The van der Waals surface area contributed by atoms with Gasteiger partial charge < -0.3 is 9.47 Å². The van der Waals surface area contributed by atoms with E-state index in [4.69, 9.17) is 15.3 Å². The van der Waals surface area contributed by atoms with E-state index in [-0.39, 0.29) is 11.6 Å². The lowest BCUT2D eigenvalue weighted by atomic mass is 10.1. The van der Waals surface area contributed by atoms with Crippen LogP contribution in [0.25, 0.3) is 0 Å². The first-order valence-corrected chi connectivity index (χ1v) is 7.47. The molecule has 0 fully saturated rings. The Morgan fingerprint density at radius 3 is 2.05 bits per heavy atom. The number of carbonyl (C=O) groups is 1. The van der Waals surface area contributed by atoms with E-state index in [0.29, 0.717) is 6.42 Å². The summed E-state index contributed by atoms with van der Waals surface area (Å²) in [4.78, 5) is 12.1. The molecule has 0 aliphatic rings. The Kier molecular flexibility index (Phi) is 5.97. The maximum absolute atomic E-state index is 12.1. The van der Waals surface area contributed by atoms with Crippen molar-refractivity contribution in [1.29, 1.82) is 0 Å². The van der Waals surface area contributed by atoms with Crippen LogP contribution in [0.4, 0.5) is 0 Å². The summed E-state index contributed by atoms with van der Waals surface area (Å²) in [6, 6.07) is 7.06. The van der Waals surface area contributed by atoms with Gasteiger partial charge in [-0.1, -0.05) is 12.1 Å². The number of hydrazine groups is 1. The number of hydrogen-bond acceptors (Lipinski definition) is 5. The number of nitrogens with two attached hydrogens (primary N) is 1. The quantitative estimate of drug-likeness (QED) is 0.497. The van der Waals surface area contributed by atoms with Gasteiger partial charge in [0.25, 0.3) is 0 Å². The van der Waals surface area contributed by atoms with Gasteiger partial charge in [0.1, 0.15) is 23.0 Å². The van der Waals surface area contributed by atoms with Gasteiger partial charge >= 0.3 is 5.97 Å². The molecule has 0 aromatic heterocycles. The number of ether oxygens (including phenoxy) is 2. The van der Waals surface area contributed by atoms with Gasteiger partial charge in [-0.2, -0.15) is 0 Å². The lowest BCUT2D eigenvalue weighted by Gasteiger charge is -2.24. The van der Waals surface area contributed by atoms with Crippen LogP contribution in [0.15, 0.2) is 24.3 Å². The lowest BCUT2D eigenvalue weighted by molar-refractivity contribution is -0.157. The molecule has 0 heterocycles. The van der Waals surface area contributed by atoms with Crippen LogP contribution in [0.1, 0.15) is 47.1 Å². The summed E-state index contributed by atoms with van der Waals surface area (Å²) in [5.41, 5.74) is 2.73. The summed E-state index contributed by atoms with van der Waals surface area (Å²) >= 11 is 0. The number of nitrogens with one attached hydrogen (secondary N) is 1. The van der Waals surface area contributed by atoms with Crippen molar-refractivity contribution < 1.29 is 14.3 Å². The molecule has 0 radical (unpaired) electrons. The van der Waals surface area contributed by atoms with Crippen LogP contribution >= 0.6 is 0 Å². The van der Waals surface area contributed by atoms with Gasteiger partial charge in [0.15, 0.2) is 0 Å². The van der Waals surface area contributed by atoms with Crippen molar-refractivity contribution in [2.45, 2.75) is 65.2 Å². The fourth-order valence-corrected chi connectivity index (χ4v) is 1.87. The first kappa shape index (κ1) is 18.5. The number of esters is 1. The Balaban J connectivity index is 2.70. The van der Waals surface area contributed by atoms with Crippen LogP contribution in [0.2, 0.25) is 0 Å². The monoisotopic (exact) mass is 308 g/mol. The minimum Gasteiger partial charge on any atom is -0.488 e. The van der Waals surface area contributed by atoms with Crippen LogP contribution in [-0.4, -0.2) is 23.2 Å². The molecule has 3 N–H and O–H groups in total. The predicted molar refractivity (Wildman–Crippen MR) is 87.5 cm³/mol. The van der Waals surface area contributed by atoms with E-state index < -0.39 is 11.6 Å². The van der Waals surface area contributed by atoms with E-state index in [1.807, 2.05) is 65.8 Å². The highest BCUT2D eigenvalue weighted by atomic mass is 16.6. The SMILES string of the molecule is CC(C)(C)OC(=O)[C@H](Cc1ccc(OC(C)(C)C)cc1)NN. The van der Waals surface area contributed by atoms with Gasteiger partial charge in [-0.05, 0) is 65.7 Å². The van der Waals surface area contributed by atoms with Crippen LogP contribution in [-0.2, 0) is 16.0 Å². The van der Waals surface area contributed by atoms with Gasteiger partial charge in [0, 0.05) is 0 Å². The highest BCUT2D eigenvalue weighted by Crippen LogP contribution is 2.19. The van der Waals surface area contributed by atoms with Crippen molar-refractivity contribution >= 4 is 5.97 Å². The minimum atomic E-state index is -0.575. The molecule has 0 bridgehead atoms. The molecular formula is C17H28N2O3. The highest BCUT2D eigenvalue weighted by Gasteiger charge is 2.24. The zero-order chi connectivity index (χ0) is 17.0. The summed E-state index contributed by atoms with van der Waals surface area (Å²) in [5, 5.41) is 0. The average molecular weight is 308 g/mol. The van der Waals surface area contributed by atoms with Crippen LogP contribution in [0.5, 0.6) is 5.75 Å². The van der Waals surface area contributed by atoms with Gasteiger partial charge in [0.05, 0.1) is 0 Å². The van der Waals surface area contributed by atoms with E-state index in [2.05, 4.69) is 5.43 Å². The molecule has 124 valence electrons. The predicted octanol–water partition coefficient (Wildman–Crippen LogP) is 2.58. The standard InChI is InChI=1S/C17H28N2O3/c1-16(2,3)21-13-9-7-12(8-10-13)11-14(19-18)15(20)22-17(4,5)6/h7-10,14,19H,11,18H2,1-6H3/t14-/m0/s1. The fourth-order valence-electron chi connectivity index (χ4n) is 1.87. The molecule has 5 nitrogen and oxygen atoms in total. The van der Waals surface area contributed by atoms with E-state index in [9.17, 15) is 4.79 Å². The number of carbonyl (C=O) groups excluding carboxylic acids is 1. The smallest absolute Gasteiger partial charge is 0.325 e. The summed E-state index contributed by atoms with van der Waals surface area (Å²) in [6.07, 6.45) is 0.460. The Morgan fingerprint density at radius 2 is 1.64 bits per heavy atom. The summed E-state index contributed by atoms with van der Waals surface area (Å²) in [5.74, 6) is 5.92. The van der Waals surface area contributed by atoms with Gasteiger partial charge in [0.2, 0.25) is 0 Å². The Labute approximate surface area is 133 Å². The zero-order valence-electron chi connectivity index (χ0n) is 14.4. The van der Waals surface area contributed by atoms with Gasteiger partial charge in [-0.3, -0.25) is 10.6 Å². The molecule has 0 unspecified atom stereocenters. The molecule has 1 rings (SSSR count). The van der Waals surface area contributed by atoms with Crippen molar-refractivity contribution in [1.82, 2.24) is 5.43 Å². The Hall–Kier alpha value is -1.59. The first-order chi connectivity index (χ1) is 10.00. The topological polar surface area (TPSA) is 73.6 Å². The van der Waals surface area contributed by atoms with Crippen LogP contribution in [0, 0.1) is 0 Å². The maximum Gasteiger partial charge on any atom is 0.325 e. The van der Waals surface area contributed by atoms with E-state index in [1.54, 1.807) is 0 Å². The highest BCUT2D eigenvalue weighted by molar-refractivity contribution is 5.76. The zero-order valence-corrected chi connectivity index (χ0v) is 14.4. The van der Waals surface area contributed by atoms with E-state index in [1.165, 1.54) is 0 Å². The summed E-state index contributed by atoms with van der Waals surface area (Å²) in [7, 11) is 0. The van der Waals surface area contributed by atoms with Crippen molar-refractivity contribution in [2.24, 2.45) is 5.84 Å². The average Bonchev–Trinajstić information content (AvgIpc) is 2.33. The number of benzene rings is 1. The molecule has 1 aromatic carbocycles. The van der Waals surface area contributed by atoms with Gasteiger partial charge in [-0.15, -0.1) is 0 Å². The molecule has 0 aliphatic carbocycles. The molecule has 5 heteroatoms. The van der Waals surface area contributed by atoms with E-state index >= 15 is 0 Å². The molecule has 1 atom stereocenters. The second kappa shape index (κ2) is 7.11. The lowest BCUT2D eigenvalue weighted by Crippen LogP contribution is -2.46. The van der Waals surface area contributed by atoms with Crippen molar-refractivity contribution in [3.05, 3.63) is 29.8 Å².